The molecule has 3 heterocycles. The SMILES string of the molecule is COCCN1CC2(CCOC2)N(C2CCN(C(=O)Cc3cccc(F)c3)CC2)C1=O. The highest BCUT2D eigenvalue weighted by molar-refractivity contribution is 5.80. The third-order valence-electron chi connectivity index (χ3n) is 6.55. The molecule has 1 unspecified atom stereocenters. The minimum absolute atomic E-state index is 0.00688. The molecule has 8 heteroatoms. The van der Waals surface area contributed by atoms with Crippen molar-refractivity contribution >= 4 is 11.9 Å². The lowest BCUT2D eigenvalue weighted by atomic mass is 9.92. The van der Waals surface area contributed by atoms with Gasteiger partial charge in [-0.3, -0.25) is 4.79 Å². The van der Waals surface area contributed by atoms with Gasteiger partial charge in [0.2, 0.25) is 5.91 Å². The second-order valence-electron chi connectivity index (χ2n) is 8.51. The highest BCUT2D eigenvalue weighted by Crippen LogP contribution is 2.38. The van der Waals surface area contributed by atoms with E-state index in [2.05, 4.69) is 0 Å². The zero-order valence-electron chi connectivity index (χ0n) is 17.5. The van der Waals surface area contributed by atoms with Crippen LogP contribution < -0.4 is 0 Å². The van der Waals surface area contributed by atoms with Gasteiger partial charge >= 0.3 is 6.03 Å². The van der Waals surface area contributed by atoms with Crippen LogP contribution in [0.2, 0.25) is 0 Å². The van der Waals surface area contributed by atoms with Gasteiger partial charge in [0.25, 0.3) is 0 Å². The van der Waals surface area contributed by atoms with Crippen LogP contribution in [-0.2, 0) is 20.7 Å². The fourth-order valence-corrected chi connectivity index (χ4v) is 4.99. The molecule has 3 amide bonds. The van der Waals surface area contributed by atoms with Crippen LogP contribution in [-0.4, -0.2) is 91.3 Å². The first-order chi connectivity index (χ1) is 14.5. The molecule has 3 fully saturated rings. The van der Waals surface area contributed by atoms with Crippen molar-refractivity contribution in [2.45, 2.75) is 37.3 Å². The summed E-state index contributed by atoms with van der Waals surface area (Å²) >= 11 is 0. The minimum Gasteiger partial charge on any atom is -0.383 e. The monoisotopic (exact) mass is 419 g/mol. The number of halogens is 1. The van der Waals surface area contributed by atoms with Crippen LogP contribution in [0.3, 0.4) is 0 Å². The van der Waals surface area contributed by atoms with Gasteiger partial charge in [0.05, 0.1) is 25.2 Å². The number of likely N-dealkylation sites (tertiary alicyclic amines) is 1. The van der Waals surface area contributed by atoms with Gasteiger partial charge in [0, 0.05) is 45.9 Å². The molecule has 7 nitrogen and oxygen atoms in total. The number of carbonyl (C=O) groups is 2. The number of nitrogens with zero attached hydrogens (tertiary/aromatic N) is 3. The Morgan fingerprint density at radius 2 is 2.13 bits per heavy atom. The summed E-state index contributed by atoms with van der Waals surface area (Å²) < 4.78 is 24.3. The Labute approximate surface area is 176 Å². The topological polar surface area (TPSA) is 62.3 Å². The first-order valence-corrected chi connectivity index (χ1v) is 10.7. The molecule has 30 heavy (non-hydrogen) atoms. The fraction of sp³-hybridized carbons (Fsp3) is 0.636. The molecule has 1 aromatic carbocycles. The number of urea groups is 1. The van der Waals surface area contributed by atoms with E-state index in [1.54, 1.807) is 19.2 Å². The van der Waals surface area contributed by atoms with Crippen molar-refractivity contribution in [1.29, 1.82) is 0 Å². The van der Waals surface area contributed by atoms with Crippen LogP contribution in [0.1, 0.15) is 24.8 Å². The molecule has 0 aromatic heterocycles. The van der Waals surface area contributed by atoms with Crippen molar-refractivity contribution in [3.8, 4) is 0 Å². The number of amides is 3. The summed E-state index contributed by atoms with van der Waals surface area (Å²) in [6, 6.07) is 6.35. The Morgan fingerprint density at radius 3 is 2.80 bits per heavy atom. The lowest BCUT2D eigenvalue weighted by molar-refractivity contribution is -0.132. The van der Waals surface area contributed by atoms with Crippen molar-refractivity contribution in [3.05, 3.63) is 35.6 Å². The van der Waals surface area contributed by atoms with Gasteiger partial charge in [0.15, 0.2) is 0 Å². The zero-order valence-corrected chi connectivity index (χ0v) is 17.5. The Bertz CT molecular complexity index is 775. The molecule has 1 spiro atoms. The maximum absolute atomic E-state index is 13.4. The van der Waals surface area contributed by atoms with Crippen molar-refractivity contribution in [1.82, 2.24) is 14.7 Å². The van der Waals surface area contributed by atoms with Gasteiger partial charge < -0.3 is 24.2 Å². The first-order valence-electron chi connectivity index (χ1n) is 10.7. The van der Waals surface area contributed by atoms with Crippen LogP contribution in [0.15, 0.2) is 24.3 Å². The summed E-state index contributed by atoms with van der Waals surface area (Å²) in [6.07, 6.45) is 2.55. The Kier molecular flexibility index (Phi) is 6.24. The van der Waals surface area contributed by atoms with Crippen LogP contribution in [0.5, 0.6) is 0 Å². The van der Waals surface area contributed by atoms with E-state index in [1.165, 1.54) is 12.1 Å². The van der Waals surface area contributed by atoms with Crippen LogP contribution in [0, 0.1) is 5.82 Å². The van der Waals surface area contributed by atoms with E-state index in [0.29, 0.717) is 51.6 Å². The van der Waals surface area contributed by atoms with Crippen molar-refractivity contribution < 1.29 is 23.5 Å². The summed E-state index contributed by atoms with van der Waals surface area (Å²) in [7, 11) is 1.64. The summed E-state index contributed by atoms with van der Waals surface area (Å²) in [6.45, 7) is 4.24. The van der Waals surface area contributed by atoms with Crippen LogP contribution >= 0.6 is 0 Å². The van der Waals surface area contributed by atoms with Crippen LogP contribution in [0.4, 0.5) is 9.18 Å². The minimum atomic E-state index is -0.325. The first kappa shape index (κ1) is 21.1. The molecule has 3 aliphatic rings. The second kappa shape index (κ2) is 8.89. The van der Waals surface area contributed by atoms with E-state index < -0.39 is 0 Å². The number of benzene rings is 1. The van der Waals surface area contributed by atoms with Gasteiger partial charge in [0.1, 0.15) is 5.82 Å². The van der Waals surface area contributed by atoms with E-state index in [1.807, 2.05) is 14.7 Å². The van der Waals surface area contributed by atoms with Gasteiger partial charge in [-0.05, 0) is 37.0 Å². The van der Waals surface area contributed by atoms with E-state index in [4.69, 9.17) is 9.47 Å². The average molecular weight is 419 g/mol. The summed E-state index contributed by atoms with van der Waals surface area (Å²) in [5.41, 5.74) is 0.427. The maximum Gasteiger partial charge on any atom is 0.321 e. The summed E-state index contributed by atoms with van der Waals surface area (Å²) in [5, 5.41) is 0. The van der Waals surface area contributed by atoms with Crippen molar-refractivity contribution in [3.63, 3.8) is 0 Å². The second-order valence-corrected chi connectivity index (χ2v) is 8.51. The lowest BCUT2D eigenvalue weighted by Crippen LogP contribution is -2.56. The van der Waals surface area contributed by atoms with E-state index in [-0.39, 0.29) is 35.8 Å². The highest BCUT2D eigenvalue weighted by atomic mass is 19.1. The van der Waals surface area contributed by atoms with E-state index in [9.17, 15) is 14.0 Å². The van der Waals surface area contributed by atoms with Crippen molar-refractivity contribution in [2.75, 3.05) is 53.1 Å². The molecule has 0 bridgehead atoms. The predicted molar refractivity (Wildman–Crippen MR) is 109 cm³/mol. The molecule has 4 rings (SSSR count). The van der Waals surface area contributed by atoms with Crippen molar-refractivity contribution in [2.24, 2.45) is 0 Å². The molecule has 0 aliphatic carbocycles. The molecule has 1 aromatic rings. The largest absolute Gasteiger partial charge is 0.383 e. The number of methoxy groups -OCH3 is 1. The number of ether oxygens (including phenoxy) is 2. The smallest absolute Gasteiger partial charge is 0.321 e. The molecule has 0 radical (unpaired) electrons. The van der Waals surface area contributed by atoms with Gasteiger partial charge in [-0.2, -0.15) is 0 Å². The number of piperidine rings is 1. The molecule has 3 aliphatic heterocycles. The molecule has 0 saturated carbocycles. The third kappa shape index (κ3) is 4.16. The fourth-order valence-electron chi connectivity index (χ4n) is 4.99. The molecular formula is C22H30FN3O4. The normalized spacial score (nSPS) is 25.0. The van der Waals surface area contributed by atoms with E-state index >= 15 is 0 Å². The summed E-state index contributed by atoms with van der Waals surface area (Å²) in [4.78, 5) is 31.6. The Balaban J connectivity index is 1.38. The summed E-state index contributed by atoms with van der Waals surface area (Å²) in [5.74, 6) is -0.318. The third-order valence-corrected chi connectivity index (χ3v) is 6.55. The lowest BCUT2D eigenvalue weighted by Gasteiger charge is -2.42. The number of hydrogen-bond acceptors (Lipinski definition) is 4. The maximum atomic E-state index is 13.4. The molecule has 164 valence electrons. The highest BCUT2D eigenvalue weighted by Gasteiger charge is 2.54. The molecule has 0 N–H and O–H groups in total. The van der Waals surface area contributed by atoms with Crippen LogP contribution in [0.25, 0.3) is 0 Å². The van der Waals surface area contributed by atoms with Gasteiger partial charge in [-0.1, -0.05) is 12.1 Å². The van der Waals surface area contributed by atoms with Gasteiger partial charge in [-0.15, -0.1) is 0 Å². The Morgan fingerprint density at radius 1 is 1.33 bits per heavy atom. The standard InChI is InChI=1S/C22H30FN3O4/c1-29-12-10-25-15-22(7-11-30-16-22)26(21(25)28)19-5-8-24(9-6-19)20(27)14-17-3-2-4-18(23)13-17/h2-4,13,19H,5-12,14-16H2,1H3. The molecule has 1 atom stereocenters. The molecular weight excluding hydrogens is 389 g/mol. The number of rotatable bonds is 6. The molecule has 3 saturated heterocycles. The quantitative estimate of drug-likeness (QED) is 0.707. The number of carbonyl (C=O) groups excluding carboxylic acids is 2. The van der Waals surface area contributed by atoms with Gasteiger partial charge in [-0.25, -0.2) is 9.18 Å². The zero-order chi connectivity index (χ0) is 21.1. The number of hydrogen-bond donors (Lipinski definition) is 0. The average Bonchev–Trinajstić information content (AvgIpc) is 3.31. The van der Waals surface area contributed by atoms with E-state index in [0.717, 1.165) is 19.3 Å². The predicted octanol–water partition coefficient (Wildman–Crippen LogP) is 1.90. The Hall–Kier alpha value is -2.19.